The fourth-order valence-electron chi connectivity index (χ4n) is 3.85. The van der Waals surface area contributed by atoms with Crippen molar-refractivity contribution in [2.45, 2.75) is 20.4 Å². The molecule has 36 heavy (non-hydrogen) atoms. The molecule has 0 aliphatic heterocycles. The van der Waals surface area contributed by atoms with Crippen LogP contribution in [0.2, 0.25) is 0 Å². The predicted molar refractivity (Wildman–Crippen MR) is 136 cm³/mol. The molecule has 0 atom stereocenters. The van der Waals surface area contributed by atoms with E-state index in [0.29, 0.717) is 17.9 Å². The van der Waals surface area contributed by atoms with Crippen molar-refractivity contribution in [2.24, 2.45) is 0 Å². The Morgan fingerprint density at radius 1 is 1.06 bits per heavy atom. The average Bonchev–Trinajstić information content (AvgIpc) is 3.18. The highest BCUT2D eigenvalue weighted by atomic mass is 16.5. The quantitative estimate of drug-likeness (QED) is 0.255. The van der Waals surface area contributed by atoms with Crippen molar-refractivity contribution >= 4 is 18.0 Å². The Morgan fingerprint density at radius 2 is 1.75 bits per heavy atom. The highest BCUT2D eigenvalue weighted by molar-refractivity contribution is 5.99. The third-order valence-electron chi connectivity index (χ3n) is 5.79. The van der Waals surface area contributed by atoms with Gasteiger partial charge in [-0.1, -0.05) is 18.2 Å². The van der Waals surface area contributed by atoms with Crippen LogP contribution in [0.1, 0.15) is 22.5 Å². The zero-order chi connectivity index (χ0) is 26.2. The summed E-state index contributed by atoms with van der Waals surface area (Å²) in [6.45, 7) is 3.65. The number of nitrogens with zero attached hydrogens (tertiary/aromatic N) is 3. The third kappa shape index (κ3) is 5.94. The molecular weight excluding hydrogens is 458 g/mol. The number of likely N-dealkylation sites (N-methyl/N-ethyl adjacent to an activating group) is 1. The van der Waals surface area contributed by atoms with Crippen LogP contribution in [0.4, 0.5) is 0 Å². The van der Waals surface area contributed by atoms with E-state index in [2.05, 4.69) is 0 Å². The number of para-hydroxylation sites is 1. The number of nitriles is 1. The summed E-state index contributed by atoms with van der Waals surface area (Å²) in [5.74, 6) is 0.157. The molecule has 0 saturated carbocycles. The number of carbonyl (C=O) groups is 2. The Kier molecular flexibility index (Phi) is 8.52. The zero-order valence-corrected chi connectivity index (χ0v) is 21.1. The summed E-state index contributed by atoms with van der Waals surface area (Å²) < 4.78 is 17.7. The number of aryl methyl sites for hydroxylation is 1. The van der Waals surface area contributed by atoms with Gasteiger partial charge in [0.15, 0.2) is 6.61 Å². The first-order valence-electron chi connectivity index (χ1n) is 11.3. The van der Waals surface area contributed by atoms with Crippen molar-refractivity contribution in [3.05, 3.63) is 82.7 Å². The maximum absolute atomic E-state index is 12.6. The van der Waals surface area contributed by atoms with E-state index in [1.165, 1.54) is 11.0 Å². The van der Waals surface area contributed by atoms with E-state index < -0.39 is 18.5 Å². The molecule has 0 radical (unpaired) electrons. The Labute approximate surface area is 210 Å². The van der Waals surface area contributed by atoms with Crippen LogP contribution in [0.5, 0.6) is 11.5 Å². The van der Waals surface area contributed by atoms with Crippen LogP contribution in [0, 0.1) is 25.2 Å². The van der Waals surface area contributed by atoms with Gasteiger partial charge >= 0.3 is 5.97 Å². The minimum atomic E-state index is -0.856. The van der Waals surface area contributed by atoms with Gasteiger partial charge in [-0.25, -0.2) is 4.79 Å². The summed E-state index contributed by atoms with van der Waals surface area (Å²) in [7, 11) is 4.78. The van der Waals surface area contributed by atoms with Gasteiger partial charge in [-0.05, 0) is 61.9 Å². The van der Waals surface area contributed by atoms with Crippen molar-refractivity contribution in [3.63, 3.8) is 0 Å². The molecule has 0 spiro atoms. The van der Waals surface area contributed by atoms with Crippen LogP contribution in [0.3, 0.4) is 0 Å². The molecule has 0 N–H and O–H groups in total. The molecule has 0 bridgehead atoms. The monoisotopic (exact) mass is 487 g/mol. The first-order chi connectivity index (χ1) is 17.3. The number of methoxy groups -OCH3 is 2. The molecule has 3 rings (SSSR count). The minimum Gasteiger partial charge on any atom is -0.497 e. The van der Waals surface area contributed by atoms with E-state index in [1.807, 2.05) is 79.1 Å². The Morgan fingerprint density at radius 3 is 2.39 bits per heavy atom. The van der Waals surface area contributed by atoms with Crippen LogP contribution in [-0.2, 0) is 20.9 Å². The van der Waals surface area contributed by atoms with Gasteiger partial charge in [-0.2, -0.15) is 5.26 Å². The second-order valence-electron chi connectivity index (χ2n) is 8.17. The van der Waals surface area contributed by atoms with Crippen molar-refractivity contribution < 1.29 is 23.8 Å². The average molecular weight is 488 g/mol. The lowest BCUT2D eigenvalue weighted by Gasteiger charge is -2.18. The Hall–Kier alpha value is -4.51. The number of ether oxygens (including phenoxy) is 3. The molecule has 2 aromatic carbocycles. The highest BCUT2D eigenvalue weighted by Gasteiger charge is 2.18. The number of hydrogen-bond acceptors (Lipinski definition) is 6. The largest absolute Gasteiger partial charge is 0.497 e. The van der Waals surface area contributed by atoms with Crippen LogP contribution >= 0.6 is 0 Å². The van der Waals surface area contributed by atoms with Crippen LogP contribution in [0.15, 0.2) is 60.2 Å². The number of esters is 1. The number of benzene rings is 2. The van der Waals surface area contributed by atoms with Gasteiger partial charge < -0.3 is 23.7 Å². The molecule has 1 aromatic heterocycles. The lowest BCUT2D eigenvalue weighted by molar-refractivity contribution is -0.148. The molecule has 0 aliphatic carbocycles. The predicted octanol–water partition coefficient (Wildman–Crippen LogP) is 4.22. The van der Waals surface area contributed by atoms with Crippen LogP contribution in [0.25, 0.3) is 11.8 Å². The van der Waals surface area contributed by atoms with Gasteiger partial charge in [0.2, 0.25) is 0 Å². The van der Waals surface area contributed by atoms with E-state index in [-0.39, 0.29) is 5.57 Å². The SMILES string of the molecule is COc1ccc(-n2c(C)cc(/C=C(/C#N)C(=O)OCC(=O)N(C)Cc3ccccc3OC)c2C)cc1. The van der Waals surface area contributed by atoms with Gasteiger partial charge in [-0.3, -0.25) is 4.79 Å². The number of carbonyl (C=O) groups excluding carboxylic acids is 2. The van der Waals surface area contributed by atoms with Crippen molar-refractivity contribution in [3.8, 4) is 23.3 Å². The van der Waals surface area contributed by atoms with Gasteiger partial charge in [0.25, 0.3) is 5.91 Å². The zero-order valence-electron chi connectivity index (χ0n) is 21.1. The molecule has 8 heteroatoms. The summed E-state index contributed by atoms with van der Waals surface area (Å²) in [6, 6.07) is 18.7. The Balaban J connectivity index is 1.70. The smallest absolute Gasteiger partial charge is 0.349 e. The lowest BCUT2D eigenvalue weighted by Crippen LogP contribution is -2.31. The summed E-state index contributed by atoms with van der Waals surface area (Å²) in [4.78, 5) is 26.5. The van der Waals surface area contributed by atoms with Crippen LogP contribution < -0.4 is 9.47 Å². The molecule has 0 unspecified atom stereocenters. The summed E-state index contributed by atoms with van der Waals surface area (Å²) in [5.41, 5.74) is 4.05. The van der Waals surface area contributed by atoms with Gasteiger partial charge in [0, 0.05) is 36.2 Å². The van der Waals surface area contributed by atoms with Crippen LogP contribution in [-0.4, -0.2) is 49.2 Å². The van der Waals surface area contributed by atoms with E-state index in [1.54, 1.807) is 21.3 Å². The van der Waals surface area contributed by atoms with E-state index in [4.69, 9.17) is 14.2 Å². The lowest BCUT2D eigenvalue weighted by atomic mass is 10.1. The summed E-state index contributed by atoms with van der Waals surface area (Å²) in [6.07, 6.45) is 1.48. The third-order valence-corrected chi connectivity index (χ3v) is 5.79. The first kappa shape index (κ1) is 26.1. The van der Waals surface area contributed by atoms with E-state index in [0.717, 1.165) is 28.4 Å². The normalized spacial score (nSPS) is 10.9. The summed E-state index contributed by atoms with van der Waals surface area (Å²) >= 11 is 0. The topological polar surface area (TPSA) is 93.8 Å². The van der Waals surface area contributed by atoms with Gasteiger partial charge in [0.1, 0.15) is 23.1 Å². The fourth-order valence-corrected chi connectivity index (χ4v) is 3.85. The number of aromatic nitrogens is 1. The first-order valence-corrected chi connectivity index (χ1v) is 11.3. The van der Waals surface area contributed by atoms with Crippen molar-refractivity contribution in [2.75, 3.05) is 27.9 Å². The maximum Gasteiger partial charge on any atom is 0.349 e. The molecule has 186 valence electrons. The molecule has 0 aliphatic rings. The van der Waals surface area contributed by atoms with E-state index >= 15 is 0 Å². The maximum atomic E-state index is 12.6. The Bertz CT molecular complexity index is 1320. The van der Waals surface area contributed by atoms with Gasteiger partial charge in [-0.15, -0.1) is 0 Å². The van der Waals surface area contributed by atoms with Gasteiger partial charge in [0.05, 0.1) is 14.2 Å². The molecule has 0 saturated heterocycles. The van der Waals surface area contributed by atoms with Crippen molar-refractivity contribution in [1.29, 1.82) is 5.26 Å². The molecule has 1 heterocycles. The number of rotatable bonds is 9. The van der Waals surface area contributed by atoms with E-state index in [9.17, 15) is 14.9 Å². The van der Waals surface area contributed by atoms with Crippen molar-refractivity contribution in [1.82, 2.24) is 9.47 Å². The minimum absolute atomic E-state index is 0.190. The fraction of sp³-hybridized carbons (Fsp3) is 0.250. The number of amides is 1. The number of hydrogen-bond donors (Lipinski definition) is 0. The second kappa shape index (κ2) is 11.8. The second-order valence-corrected chi connectivity index (χ2v) is 8.17. The standard InChI is InChI=1S/C28H29N3O5/c1-19-14-22(20(2)31(19)24-10-12-25(34-4)13-11-24)15-23(16-29)28(33)36-18-27(32)30(3)17-21-8-6-7-9-26(21)35-5/h6-15H,17-18H2,1-5H3/b23-15-. The summed E-state index contributed by atoms with van der Waals surface area (Å²) in [5, 5.41) is 9.58. The molecular formula is C28H29N3O5. The molecule has 1 amide bonds. The molecule has 0 fully saturated rings. The molecule has 8 nitrogen and oxygen atoms in total. The highest BCUT2D eigenvalue weighted by Crippen LogP contribution is 2.24. The molecule has 3 aromatic rings.